The molecule has 0 unspecified atom stereocenters. The summed E-state index contributed by atoms with van der Waals surface area (Å²) in [5, 5.41) is 0.259. The minimum Gasteiger partial charge on any atom is -0.463 e. The van der Waals surface area contributed by atoms with E-state index in [9.17, 15) is 24.0 Å². The van der Waals surface area contributed by atoms with Gasteiger partial charge in [-0.15, -0.1) is 0 Å². The van der Waals surface area contributed by atoms with Crippen LogP contribution in [-0.2, 0) is 42.9 Å². The maximum absolute atomic E-state index is 13.3. The molecule has 13 heteroatoms. The van der Waals surface area contributed by atoms with Crippen LogP contribution in [0.5, 0.6) is 5.75 Å². The van der Waals surface area contributed by atoms with Gasteiger partial charge in [-0.1, -0.05) is 6.07 Å². The number of ether oxygens (including phenoxy) is 6. The van der Waals surface area contributed by atoms with E-state index in [1.54, 1.807) is 31.3 Å². The zero-order valence-corrected chi connectivity index (χ0v) is 23.5. The van der Waals surface area contributed by atoms with Crippen molar-refractivity contribution in [2.24, 2.45) is 0 Å². The van der Waals surface area contributed by atoms with Gasteiger partial charge in [-0.25, -0.2) is 0 Å². The van der Waals surface area contributed by atoms with Crippen molar-refractivity contribution in [1.82, 2.24) is 4.98 Å². The molecule has 1 fully saturated rings. The number of pyridine rings is 1. The summed E-state index contributed by atoms with van der Waals surface area (Å²) in [4.78, 5) is 65.1. The second-order valence-electron chi connectivity index (χ2n) is 9.42. The van der Waals surface area contributed by atoms with E-state index in [1.807, 2.05) is 0 Å². The highest BCUT2D eigenvalue weighted by Gasteiger charge is 2.53. The predicted octanol–water partition coefficient (Wildman–Crippen LogP) is 2.63. The van der Waals surface area contributed by atoms with Gasteiger partial charge in [-0.05, 0) is 31.2 Å². The lowest BCUT2D eigenvalue weighted by atomic mass is 9.98. The SMILES string of the molecule is CC(=O)OC[C@@H]1O[C@H](Oc2ccc3c(=O)c(-c4ccccn4)c(C)oc3c2)[C@@H](OC(C)=O)[C@H](OC(C)=O)[C@@H]1OC(C)=O. The maximum atomic E-state index is 13.3. The topological polar surface area (TPSA) is 167 Å². The van der Waals surface area contributed by atoms with Gasteiger partial charge in [-0.3, -0.25) is 29.0 Å². The molecule has 1 aromatic carbocycles. The number of hydrogen-bond acceptors (Lipinski definition) is 13. The maximum Gasteiger partial charge on any atom is 0.303 e. The van der Waals surface area contributed by atoms with E-state index >= 15 is 0 Å². The number of hydrogen-bond donors (Lipinski definition) is 0. The van der Waals surface area contributed by atoms with Crippen LogP contribution in [0.2, 0.25) is 0 Å². The lowest BCUT2D eigenvalue weighted by Gasteiger charge is -2.43. The van der Waals surface area contributed by atoms with Gasteiger partial charge in [0.05, 0.1) is 16.6 Å². The summed E-state index contributed by atoms with van der Waals surface area (Å²) in [5.74, 6) is -2.47. The van der Waals surface area contributed by atoms with Gasteiger partial charge in [0.1, 0.15) is 29.8 Å². The van der Waals surface area contributed by atoms with E-state index in [4.69, 9.17) is 32.8 Å². The number of carbonyl (C=O) groups excluding carboxylic acids is 4. The van der Waals surface area contributed by atoms with Crippen LogP contribution in [0.3, 0.4) is 0 Å². The van der Waals surface area contributed by atoms with Crippen LogP contribution in [0.25, 0.3) is 22.2 Å². The quantitative estimate of drug-likeness (QED) is 0.281. The average Bonchev–Trinajstić information content (AvgIpc) is 2.90. The number of aryl methyl sites for hydroxylation is 1. The molecule has 2 aromatic heterocycles. The molecule has 1 saturated heterocycles. The molecular weight excluding hydrogens is 554 g/mol. The third-order valence-corrected chi connectivity index (χ3v) is 6.16. The first-order valence-electron chi connectivity index (χ1n) is 12.9. The Kier molecular flexibility index (Phi) is 9.21. The Labute approximate surface area is 239 Å². The van der Waals surface area contributed by atoms with Crippen molar-refractivity contribution in [3.63, 3.8) is 0 Å². The lowest BCUT2D eigenvalue weighted by molar-refractivity contribution is -0.288. The molecule has 0 amide bonds. The van der Waals surface area contributed by atoms with Crippen LogP contribution >= 0.6 is 0 Å². The molecule has 222 valence electrons. The van der Waals surface area contributed by atoms with Crippen LogP contribution in [-0.4, -0.2) is 66.2 Å². The number of aromatic nitrogens is 1. The van der Waals surface area contributed by atoms with Gasteiger partial charge in [0.2, 0.25) is 17.8 Å². The fraction of sp³-hybridized carbons (Fsp3) is 0.379. The largest absolute Gasteiger partial charge is 0.463 e. The Morgan fingerprint density at radius 1 is 0.857 bits per heavy atom. The predicted molar refractivity (Wildman–Crippen MR) is 143 cm³/mol. The number of rotatable bonds is 8. The van der Waals surface area contributed by atoms with Crippen LogP contribution in [0.4, 0.5) is 0 Å². The van der Waals surface area contributed by atoms with Gasteiger partial charge in [-0.2, -0.15) is 0 Å². The second kappa shape index (κ2) is 12.8. The van der Waals surface area contributed by atoms with Crippen LogP contribution in [0, 0.1) is 6.92 Å². The molecule has 0 radical (unpaired) electrons. The Balaban J connectivity index is 1.73. The van der Waals surface area contributed by atoms with Crippen molar-refractivity contribution in [2.75, 3.05) is 6.61 Å². The molecule has 3 heterocycles. The minimum atomic E-state index is -1.44. The van der Waals surface area contributed by atoms with Crippen molar-refractivity contribution in [1.29, 1.82) is 0 Å². The van der Waals surface area contributed by atoms with E-state index in [0.717, 1.165) is 20.8 Å². The van der Waals surface area contributed by atoms with Crippen LogP contribution in [0.1, 0.15) is 33.5 Å². The first-order chi connectivity index (χ1) is 19.9. The number of nitrogens with zero attached hydrogens (tertiary/aromatic N) is 1. The molecule has 0 saturated carbocycles. The molecule has 1 aliphatic heterocycles. The molecule has 0 aliphatic carbocycles. The van der Waals surface area contributed by atoms with E-state index < -0.39 is 61.2 Å². The first-order valence-corrected chi connectivity index (χ1v) is 12.9. The van der Waals surface area contributed by atoms with Gasteiger partial charge in [0, 0.05) is 40.0 Å². The van der Waals surface area contributed by atoms with Gasteiger partial charge in [0.15, 0.2) is 12.2 Å². The molecule has 3 aromatic rings. The zero-order valence-electron chi connectivity index (χ0n) is 23.5. The Bertz CT molecular complexity index is 1550. The zero-order chi connectivity index (χ0) is 30.6. The number of benzene rings is 1. The fourth-order valence-electron chi connectivity index (χ4n) is 4.58. The molecule has 13 nitrogen and oxygen atoms in total. The van der Waals surface area contributed by atoms with Gasteiger partial charge >= 0.3 is 23.9 Å². The monoisotopic (exact) mass is 583 g/mol. The molecule has 0 N–H and O–H groups in total. The fourth-order valence-corrected chi connectivity index (χ4v) is 4.58. The average molecular weight is 584 g/mol. The standard InChI is InChI=1S/C29H29NO12/c1-14-24(21-8-6-7-11-30-21)25(35)20-10-9-19(12-22(20)37-14)41-29-28(40-18(5)34)27(39-17(4)33)26(38-16(3)32)23(42-29)13-36-15(2)31/h6-12,23,26-29H,13H2,1-5H3/t23-,26+,27+,28-,29-/m0/s1. The van der Waals surface area contributed by atoms with Gasteiger partial charge < -0.3 is 32.8 Å². The highest BCUT2D eigenvalue weighted by molar-refractivity contribution is 5.83. The Morgan fingerprint density at radius 2 is 1.52 bits per heavy atom. The van der Waals surface area contributed by atoms with Crippen LogP contribution < -0.4 is 10.2 Å². The van der Waals surface area contributed by atoms with Crippen molar-refractivity contribution < 1.29 is 52.0 Å². The Morgan fingerprint density at radius 3 is 2.14 bits per heavy atom. The number of carbonyl (C=O) groups is 4. The van der Waals surface area contributed by atoms with E-state index in [1.165, 1.54) is 25.1 Å². The van der Waals surface area contributed by atoms with Crippen molar-refractivity contribution in [2.45, 2.75) is 65.3 Å². The minimum absolute atomic E-state index is 0.136. The summed E-state index contributed by atoms with van der Waals surface area (Å²) < 4.78 is 39.2. The molecule has 0 spiro atoms. The Hall–Kier alpha value is -4.78. The smallest absolute Gasteiger partial charge is 0.303 e. The summed E-state index contributed by atoms with van der Waals surface area (Å²) >= 11 is 0. The summed E-state index contributed by atoms with van der Waals surface area (Å²) in [5.41, 5.74) is 0.673. The number of esters is 4. The first kappa shape index (κ1) is 30.2. The van der Waals surface area contributed by atoms with Gasteiger partial charge in [0.25, 0.3) is 0 Å². The normalized spacial score (nSPS) is 21.7. The molecule has 1 aliphatic rings. The summed E-state index contributed by atoms with van der Waals surface area (Å²) in [6.07, 6.45) is -5.18. The molecule has 4 rings (SSSR count). The number of fused-ring (bicyclic) bond motifs is 1. The molecule has 5 atom stereocenters. The lowest BCUT2D eigenvalue weighted by Crippen LogP contribution is -2.63. The van der Waals surface area contributed by atoms with Crippen molar-refractivity contribution >= 4 is 34.8 Å². The highest BCUT2D eigenvalue weighted by Crippen LogP contribution is 2.32. The van der Waals surface area contributed by atoms with Crippen LogP contribution in [0.15, 0.2) is 51.8 Å². The highest BCUT2D eigenvalue weighted by atomic mass is 16.7. The third-order valence-electron chi connectivity index (χ3n) is 6.16. The summed E-state index contributed by atoms with van der Waals surface area (Å²) in [6, 6.07) is 9.61. The molecule has 42 heavy (non-hydrogen) atoms. The van der Waals surface area contributed by atoms with E-state index in [2.05, 4.69) is 4.98 Å². The molecule has 0 bridgehead atoms. The van der Waals surface area contributed by atoms with Crippen molar-refractivity contribution in [3.05, 3.63) is 58.6 Å². The summed E-state index contributed by atoms with van der Waals surface area (Å²) in [6.45, 7) is 5.78. The van der Waals surface area contributed by atoms with Crippen molar-refractivity contribution in [3.8, 4) is 17.0 Å². The molecular formula is C29H29NO12. The summed E-state index contributed by atoms with van der Waals surface area (Å²) in [7, 11) is 0. The van der Waals surface area contributed by atoms with E-state index in [-0.39, 0.29) is 22.1 Å². The second-order valence-corrected chi connectivity index (χ2v) is 9.42. The van der Waals surface area contributed by atoms with E-state index in [0.29, 0.717) is 17.0 Å². The third kappa shape index (κ3) is 6.92.